The van der Waals surface area contributed by atoms with Crippen molar-refractivity contribution in [3.05, 3.63) is 53.5 Å². The quantitative estimate of drug-likeness (QED) is 0.860. The molecule has 5 heteroatoms. The van der Waals surface area contributed by atoms with Crippen LogP contribution in [0.25, 0.3) is 0 Å². The van der Waals surface area contributed by atoms with Crippen molar-refractivity contribution in [2.75, 3.05) is 5.32 Å². The van der Waals surface area contributed by atoms with Crippen LogP contribution in [-0.4, -0.2) is 21.0 Å². The summed E-state index contributed by atoms with van der Waals surface area (Å²) in [5.41, 5.74) is 2.30. The molecule has 0 spiro atoms. The number of hydrogen-bond donors (Lipinski definition) is 2. The molecule has 0 fully saturated rings. The van der Waals surface area contributed by atoms with Crippen molar-refractivity contribution in [3.63, 3.8) is 0 Å². The molecule has 18 heavy (non-hydrogen) atoms. The highest BCUT2D eigenvalue weighted by molar-refractivity contribution is 5.84. The molecule has 0 bridgehead atoms. The first-order valence-corrected chi connectivity index (χ1v) is 5.50. The van der Waals surface area contributed by atoms with Gasteiger partial charge >= 0.3 is 5.97 Å². The van der Waals surface area contributed by atoms with Crippen molar-refractivity contribution < 1.29 is 9.90 Å². The highest BCUT2D eigenvalue weighted by Crippen LogP contribution is 2.09. The fourth-order valence-electron chi connectivity index (χ4n) is 1.52. The molecule has 2 aromatic rings. The molecule has 1 aromatic heterocycles. The monoisotopic (exact) mass is 243 g/mol. The molecule has 0 atom stereocenters. The summed E-state index contributed by atoms with van der Waals surface area (Å²) in [4.78, 5) is 18.4. The maximum absolute atomic E-state index is 10.6. The molecule has 0 saturated carbocycles. The lowest BCUT2D eigenvalue weighted by Crippen LogP contribution is -2.06. The molecule has 0 unspecified atom stereocenters. The van der Waals surface area contributed by atoms with Gasteiger partial charge in [-0.15, -0.1) is 0 Å². The second kappa shape index (κ2) is 5.27. The van der Waals surface area contributed by atoms with E-state index in [1.54, 1.807) is 0 Å². The second-order valence-electron chi connectivity index (χ2n) is 3.87. The number of aromatic nitrogens is 2. The van der Waals surface area contributed by atoms with Crippen LogP contribution < -0.4 is 5.32 Å². The molecule has 5 nitrogen and oxygen atoms in total. The number of carboxylic acids is 1. The maximum atomic E-state index is 10.6. The largest absolute Gasteiger partial charge is 0.476 e. The second-order valence-corrected chi connectivity index (χ2v) is 3.87. The Kier molecular flexibility index (Phi) is 3.52. The molecule has 0 radical (unpaired) electrons. The highest BCUT2D eigenvalue weighted by atomic mass is 16.4. The van der Waals surface area contributed by atoms with E-state index >= 15 is 0 Å². The summed E-state index contributed by atoms with van der Waals surface area (Å²) < 4.78 is 0. The van der Waals surface area contributed by atoms with Gasteiger partial charge in [-0.05, 0) is 18.1 Å². The van der Waals surface area contributed by atoms with Crippen LogP contribution in [-0.2, 0) is 6.54 Å². The number of anilines is 1. The summed E-state index contributed by atoms with van der Waals surface area (Å²) in [5.74, 6) is -0.517. The van der Waals surface area contributed by atoms with Gasteiger partial charge < -0.3 is 10.4 Å². The highest BCUT2D eigenvalue weighted by Gasteiger charge is 2.04. The van der Waals surface area contributed by atoms with E-state index in [0.29, 0.717) is 12.4 Å². The number of rotatable bonds is 4. The summed E-state index contributed by atoms with van der Waals surface area (Å²) >= 11 is 0. The number of carboxylic acid groups (broad SMARTS) is 1. The lowest BCUT2D eigenvalue weighted by Gasteiger charge is -2.07. The van der Waals surface area contributed by atoms with Crippen LogP contribution in [0.3, 0.4) is 0 Å². The van der Waals surface area contributed by atoms with Gasteiger partial charge in [0, 0.05) is 6.54 Å². The van der Waals surface area contributed by atoms with Crippen LogP contribution >= 0.6 is 0 Å². The molecule has 0 aliphatic carbocycles. The van der Waals surface area contributed by atoms with Crippen LogP contribution in [0.15, 0.2) is 36.7 Å². The number of hydrogen-bond acceptors (Lipinski definition) is 4. The lowest BCUT2D eigenvalue weighted by atomic mass is 10.1. The third-order valence-corrected chi connectivity index (χ3v) is 2.59. The molecule has 1 heterocycles. The van der Waals surface area contributed by atoms with Crippen LogP contribution in [0.1, 0.15) is 21.6 Å². The third kappa shape index (κ3) is 2.82. The van der Waals surface area contributed by atoms with Crippen LogP contribution in [0, 0.1) is 6.92 Å². The Morgan fingerprint density at radius 3 is 2.67 bits per heavy atom. The smallest absolute Gasteiger partial charge is 0.356 e. The molecular weight excluding hydrogens is 230 g/mol. The van der Waals surface area contributed by atoms with Crippen molar-refractivity contribution in [2.24, 2.45) is 0 Å². The van der Waals surface area contributed by atoms with Crippen LogP contribution in [0.4, 0.5) is 5.82 Å². The number of nitrogens with zero attached hydrogens (tertiary/aromatic N) is 2. The fourth-order valence-corrected chi connectivity index (χ4v) is 1.52. The van der Waals surface area contributed by atoms with Gasteiger partial charge in [0.15, 0.2) is 5.69 Å². The minimum Gasteiger partial charge on any atom is -0.476 e. The zero-order valence-electron chi connectivity index (χ0n) is 9.92. The maximum Gasteiger partial charge on any atom is 0.356 e. The van der Waals surface area contributed by atoms with Gasteiger partial charge in [0.05, 0.1) is 12.4 Å². The Morgan fingerprint density at radius 2 is 2.06 bits per heavy atom. The van der Waals surface area contributed by atoms with Crippen molar-refractivity contribution in [1.82, 2.24) is 9.97 Å². The number of aromatic carboxylic acids is 1. The van der Waals surface area contributed by atoms with E-state index in [0.717, 1.165) is 0 Å². The van der Waals surface area contributed by atoms with Crippen molar-refractivity contribution >= 4 is 11.8 Å². The molecule has 2 N–H and O–H groups in total. The number of aryl methyl sites for hydroxylation is 1. The predicted molar refractivity (Wildman–Crippen MR) is 67.5 cm³/mol. The van der Waals surface area contributed by atoms with E-state index in [9.17, 15) is 4.79 Å². The average molecular weight is 243 g/mol. The fraction of sp³-hybridized carbons (Fsp3) is 0.154. The first-order chi connectivity index (χ1) is 8.66. The first-order valence-electron chi connectivity index (χ1n) is 5.50. The molecule has 0 saturated heterocycles. The molecular formula is C13H13N3O2. The Morgan fingerprint density at radius 1 is 1.28 bits per heavy atom. The zero-order valence-corrected chi connectivity index (χ0v) is 9.92. The Bertz CT molecular complexity index is 552. The molecule has 2 rings (SSSR count). The van der Waals surface area contributed by atoms with Crippen molar-refractivity contribution in [3.8, 4) is 0 Å². The van der Waals surface area contributed by atoms with Crippen LogP contribution in [0.2, 0.25) is 0 Å². The van der Waals surface area contributed by atoms with E-state index < -0.39 is 5.97 Å². The summed E-state index contributed by atoms with van der Waals surface area (Å²) in [6.07, 6.45) is 2.66. The predicted octanol–water partition coefficient (Wildman–Crippen LogP) is 2.10. The molecule has 92 valence electrons. The first kappa shape index (κ1) is 12.0. The average Bonchev–Trinajstić information content (AvgIpc) is 2.38. The van der Waals surface area contributed by atoms with Gasteiger partial charge in [-0.1, -0.05) is 24.3 Å². The number of nitrogens with one attached hydrogen (secondary N) is 1. The summed E-state index contributed by atoms with van der Waals surface area (Å²) in [6, 6.07) is 8.03. The Balaban J connectivity index is 2.02. The SMILES string of the molecule is Cc1ccccc1CNc1cnc(C(=O)O)cn1. The molecule has 0 amide bonds. The van der Waals surface area contributed by atoms with Crippen molar-refractivity contribution in [1.29, 1.82) is 0 Å². The van der Waals surface area contributed by atoms with E-state index in [4.69, 9.17) is 5.11 Å². The molecule has 0 aliphatic rings. The molecule has 0 aliphatic heterocycles. The zero-order chi connectivity index (χ0) is 13.0. The third-order valence-electron chi connectivity index (χ3n) is 2.59. The van der Waals surface area contributed by atoms with E-state index in [-0.39, 0.29) is 5.69 Å². The van der Waals surface area contributed by atoms with E-state index in [1.165, 1.54) is 23.5 Å². The lowest BCUT2D eigenvalue weighted by molar-refractivity contribution is 0.0690. The van der Waals surface area contributed by atoms with Gasteiger partial charge in [0.2, 0.25) is 0 Å². The van der Waals surface area contributed by atoms with Gasteiger partial charge in [-0.25, -0.2) is 14.8 Å². The van der Waals surface area contributed by atoms with Gasteiger partial charge in [-0.3, -0.25) is 0 Å². The molecule has 1 aromatic carbocycles. The number of benzene rings is 1. The van der Waals surface area contributed by atoms with Gasteiger partial charge in [0.1, 0.15) is 5.82 Å². The summed E-state index contributed by atoms with van der Waals surface area (Å²) in [5, 5.41) is 11.8. The normalized spacial score (nSPS) is 10.1. The topological polar surface area (TPSA) is 75.1 Å². The standard InChI is InChI=1S/C13H13N3O2/c1-9-4-2-3-5-10(9)6-15-12-8-14-11(7-16-12)13(17)18/h2-5,7-8H,6H2,1H3,(H,15,16)(H,17,18). The Labute approximate surface area is 105 Å². The summed E-state index contributed by atoms with van der Waals surface area (Å²) in [7, 11) is 0. The minimum absolute atomic E-state index is 0.0589. The van der Waals surface area contributed by atoms with E-state index in [1.807, 2.05) is 31.2 Å². The van der Waals surface area contributed by atoms with Crippen molar-refractivity contribution in [2.45, 2.75) is 13.5 Å². The van der Waals surface area contributed by atoms with Gasteiger partial charge in [-0.2, -0.15) is 0 Å². The number of carbonyl (C=O) groups is 1. The van der Waals surface area contributed by atoms with E-state index in [2.05, 4.69) is 15.3 Å². The Hall–Kier alpha value is -2.43. The minimum atomic E-state index is -1.08. The van der Waals surface area contributed by atoms with Crippen LogP contribution in [0.5, 0.6) is 0 Å². The summed E-state index contributed by atoms with van der Waals surface area (Å²) in [6.45, 7) is 2.67. The van der Waals surface area contributed by atoms with Gasteiger partial charge in [0.25, 0.3) is 0 Å².